The minimum Gasteiger partial charge on any atom is -0.347 e. The lowest BCUT2D eigenvalue weighted by Crippen LogP contribution is -2.22. The third-order valence-electron chi connectivity index (χ3n) is 3.68. The van der Waals surface area contributed by atoms with Gasteiger partial charge in [0.15, 0.2) is 9.84 Å². The van der Waals surface area contributed by atoms with Crippen molar-refractivity contribution in [3.63, 3.8) is 0 Å². The van der Waals surface area contributed by atoms with Crippen LogP contribution < -0.4 is 5.32 Å². The number of carbonyl (C=O) groups excluding carboxylic acids is 1. The van der Waals surface area contributed by atoms with Gasteiger partial charge in [0.1, 0.15) is 0 Å². The Kier molecular flexibility index (Phi) is 5.31. The van der Waals surface area contributed by atoms with Crippen LogP contribution in [0.2, 0.25) is 0 Å². The third-order valence-corrected chi connectivity index (χ3v) is 6.26. The summed E-state index contributed by atoms with van der Waals surface area (Å²) in [7, 11) is -3.39. The summed E-state index contributed by atoms with van der Waals surface area (Å²) < 4.78 is 24.8. The Morgan fingerprint density at radius 2 is 1.64 bits per heavy atom. The molecule has 3 aromatic rings. The second-order valence-electron chi connectivity index (χ2n) is 5.53. The van der Waals surface area contributed by atoms with Gasteiger partial charge < -0.3 is 5.32 Å². The van der Waals surface area contributed by atoms with Crippen LogP contribution >= 0.6 is 11.3 Å². The molecule has 1 aromatic heterocycles. The van der Waals surface area contributed by atoms with Gasteiger partial charge in [0.05, 0.1) is 17.2 Å². The van der Waals surface area contributed by atoms with Crippen molar-refractivity contribution in [3.05, 3.63) is 88.1 Å². The maximum atomic E-state index is 12.4. The number of amides is 1. The van der Waals surface area contributed by atoms with Gasteiger partial charge in [0, 0.05) is 10.4 Å². The average molecular weight is 371 g/mol. The normalized spacial score (nSPS) is 11.2. The molecule has 0 unspecified atom stereocenters. The van der Waals surface area contributed by atoms with Crippen LogP contribution in [0, 0.1) is 0 Å². The summed E-state index contributed by atoms with van der Waals surface area (Å²) in [5, 5.41) is 4.81. The van der Waals surface area contributed by atoms with E-state index in [1.54, 1.807) is 65.9 Å². The molecule has 1 amide bonds. The molecular weight excluding hydrogens is 354 g/mol. The lowest BCUT2D eigenvalue weighted by Gasteiger charge is -2.07. The fraction of sp³-hybridized carbons (Fsp3) is 0.105. The Hall–Kier alpha value is -2.44. The number of thiophene rings is 1. The molecule has 25 heavy (non-hydrogen) atoms. The molecule has 0 aliphatic carbocycles. The number of carbonyl (C=O) groups is 1. The topological polar surface area (TPSA) is 63.2 Å². The second-order valence-corrected chi connectivity index (χ2v) is 8.55. The van der Waals surface area contributed by atoms with Crippen molar-refractivity contribution < 1.29 is 13.2 Å². The monoisotopic (exact) mass is 371 g/mol. The molecule has 1 heterocycles. The lowest BCUT2D eigenvalue weighted by molar-refractivity contribution is 0.0951. The highest BCUT2D eigenvalue weighted by Crippen LogP contribution is 2.16. The van der Waals surface area contributed by atoms with Gasteiger partial charge in [-0.15, -0.1) is 11.3 Å². The van der Waals surface area contributed by atoms with Gasteiger partial charge in [-0.2, -0.15) is 0 Å². The zero-order valence-corrected chi connectivity index (χ0v) is 15.0. The SMILES string of the molecule is O=C(NCc1cccs1)c1ccc(CS(=O)(=O)c2ccccc2)cc1. The van der Waals surface area contributed by atoms with Crippen LogP contribution in [-0.4, -0.2) is 14.3 Å². The van der Waals surface area contributed by atoms with Crippen molar-refractivity contribution in [1.82, 2.24) is 5.32 Å². The van der Waals surface area contributed by atoms with E-state index in [1.807, 2.05) is 17.5 Å². The van der Waals surface area contributed by atoms with Crippen LogP contribution in [0.1, 0.15) is 20.8 Å². The van der Waals surface area contributed by atoms with Gasteiger partial charge >= 0.3 is 0 Å². The molecular formula is C19H17NO3S2. The number of hydrogen-bond donors (Lipinski definition) is 1. The summed E-state index contributed by atoms with van der Waals surface area (Å²) in [4.78, 5) is 13.5. The van der Waals surface area contributed by atoms with Crippen molar-refractivity contribution in [2.24, 2.45) is 0 Å². The van der Waals surface area contributed by atoms with E-state index in [-0.39, 0.29) is 11.7 Å². The van der Waals surface area contributed by atoms with Crippen molar-refractivity contribution in [3.8, 4) is 0 Å². The number of nitrogens with one attached hydrogen (secondary N) is 1. The van der Waals surface area contributed by atoms with Gasteiger partial charge in [-0.25, -0.2) is 8.42 Å². The third kappa shape index (κ3) is 4.55. The van der Waals surface area contributed by atoms with Crippen molar-refractivity contribution in [2.45, 2.75) is 17.2 Å². The van der Waals surface area contributed by atoms with Crippen LogP contribution in [0.25, 0.3) is 0 Å². The van der Waals surface area contributed by atoms with Crippen molar-refractivity contribution in [1.29, 1.82) is 0 Å². The van der Waals surface area contributed by atoms with Gasteiger partial charge in [-0.1, -0.05) is 36.4 Å². The van der Waals surface area contributed by atoms with Gasteiger partial charge in [0.2, 0.25) is 0 Å². The van der Waals surface area contributed by atoms with Crippen LogP contribution in [0.3, 0.4) is 0 Å². The second kappa shape index (κ2) is 7.63. The molecule has 3 rings (SSSR count). The Morgan fingerprint density at radius 1 is 0.920 bits per heavy atom. The number of sulfone groups is 1. The average Bonchev–Trinajstić information content (AvgIpc) is 3.14. The summed E-state index contributed by atoms with van der Waals surface area (Å²) in [5.41, 5.74) is 1.16. The van der Waals surface area contributed by atoms with E-state index >= 15 is 0 Å². The van der Waals surface area contributed by atoms with E-state index in [4.69, 9.17) is 0 Å². The van der Waals surface area contributed by atoms with Crippen molar-refractivity contribution in [2.75, 3.05) is 0 Å². The molecule has 0 spiro atoms. The molecule has 0 aliphatic heterocycles. The minimum absolute atomic E-state index is 0.0892. The van der Waals surface area contributed by atoms with E-state index in [2.05, 4.69) is 5.32 Å². The molecule has 0 saturated heterocycles. The quantitative estimate of drug-likeness (QED) is 0.719. The molecule has 0 fully saturated rings. The van der Waals surface area contributed by atoms with E-state index < -0.39 is 9.84 Å². The standard InChI is InChI=1S/C19H17NO3S2/c21-19(20-13-17-5-4-12-24-17)16-10-8-15(9-11-16)14-25(22,23)18-6-2-1-3-7-18/h1-12H,13-14H2,(H,20,21). The van der Waals surface area contributed by atoms with Crippen molar-refractivity contribution >= 4 is 27.1 Å². The lowest BCUT2D eigenvalue weighted by atomic mass is 10.1. The first-order valence-corrected chi connectivity index (χ1v) is 10.3. The maximum absolute atomic E-state index is 12.4. The fourth-order valence-electron chi connectivity index (χ4n) is 2.37. The minimum atomic E-state index is -3.39. The summed E-state index contributed by atoms with van der Waals surface area (Å²) in [6.45, 7) is 0.487. The molecule has 6 heteroatoms. The molecule has 4 nitrogen and oxygen atoms in total. The largest absolute Gasteiger partial charge is 0.347 e. The molecule has 0 atom stereocenters. The zero-order valence-electron chi connectivity index (χ0n) is 13.4. The molecule has 0 radical (unpaired) electrons. The van der Waals surface area contributed by atoms with E-state index in [0.29, 0.717) is 22.6 Å². The van der Waals surface area contributed by atoms with Crippen LogP contribution in [0.4, 0.5) is 0 Å². The Balaban J connectivity index is 1.65. The molecule has 1 N–H and O–H groups in total. The summed E-state index contributed by atoms with van der Waals surface area (Å²) in [5.74, 6) is -0.264. The predicted molar refractivity (Wildman–Crippen MR) is 99.3 cm³/mol. The number of benzene rings is 2. The summed E-state index contributed by atoms with van der Waals surface area (Å²) >= 11 is 1.59. The van der Waals surface area contributed by atoms with E-state index in [9.17, 15) is 13.2 Å². The van der Waals surface area contributed by atoms with Gasteiger partial charge in [-0.05, 0) is 41.3 Å². The van der Waals surface area contributed by atoms with Crippen LogP contribution in [-0.2, 0) is 22.1 Å². The molecule has 128 valence electrons. The van der Waals surface area contributed by atoms with Crippen LogP contribution in [0.5, 0.6) is 0 Å². The maximum Gasteiger partial charge on any atom is 0.251 e. The van der Waals surface area contributed by atoms with E-state index in [0.717, 1.165) is 4.88 Å². The first-order valence-electron chi connectivity index (χ1n) is 7.72. The van der Waals surface area contributed by atoms with Gasteiger partial charge in [-0.3, -0.25) is 4.79 Å². The first-order chi connectivity index (χ1) is 12.0. The zero-order chi connectivity index (χ0) is 17.7. The highest BCUT2D eigenvalue weighted by atomic mass is 32.2. The summed E-state index contributed by atoms with van der Waals surface area (Å²) in [6, 6.07) is 18.9. The molecule has 0 bridgehead atoms. The fourth-order valence-corrected chi connectivity index (χ4v) is 4.38. The first kappa shape index (κ1) is 17.4. The summed E-state index contributed by atoms with van der Waals surface area (Å²) in [6.07, 6.45) is 0. The van der Waals surface area contributed by atoms with Gasteiger partial charge in [0.25, 0.3) is 5.91 Å². The number of rotatable bonds is 6. The number of hydrogen-bond acceptors (Lipinski definition) is 4. The Morgan fingerprint density at radius 3 is 2.28 bits per heavy atom. The van der Waals surface area contributed by atoms with E-state index in [1.165, 1.54) is 0 Å². The predicted octanol–water partition coefficient (Wildman–Crippen LogP) is 3.65. The highest BCUT2D eigenvalue weighted by molar-refractivity contribution is 7.90. The smallest absolute Gasteiger partial charge is 0.251 e. The highest BCUT2D eigenvalue weighted by Gasteiger charge is 2.15. The molecule has 2 aromatic carbocycles. The Bertz CT molecular complexity index is 932. The van der Waals surface area contributed by atoms with Crippen LogP contribution in [0.15, 0.2) is 77.0 Å². The Labute approximate surface area is 151 Å². The molecule has 0 aliphatic rings. The molecule has 0 saturated carbocycles.